The summed E-state index contributed by atoms with van der Waals surface area (Å²) in [4.78, 5) is 13.4. The molecule has 1 N–H and O–H groups in total. The zero-order valence-electron chi connectivity index (χ0n) is 11.0. The van der Waals surface area contributed by atoms with Crippen LogP contribution in [0.4, 0.5) is 13.2 Å². The molecule has 0 bridgehead atoms. The number of thiophene rings is 1. The predicted octanol–water partition coefficient (Wildman–Crippen LogP) is 3.89. The van der Waals surface area contributed by atoms with Gasteiger partial charge in [0.15, 0.2) is 0 Å². The van der Waals surface area contributed by atoms with E-state index in [0.29, 0.717) is 4.88 Å². The lowest BCUT2D eigenvalue weighted by Crippen LogP contribution is -2.23. The first-order valence-electron chi connectivity index (χ1n) is 6.03. The van der Waals surface area contributed by atoms with E-state index in [9.17, 15) is 18.0 Å². The Balaban J connectivity index is 2.05. The average molecular weight is 315 g/mol. The fraction of sp³-hybridized carbons (Fsp3) is 0.214. The van der Waals surface area contributed by atoms with Crippen LogP contribution in [-0.2, 0) is 6.54 Å². The number of nitrogens with one attached hydrogen (secondary N) is 1. The second-order valence-corrected chi connectivity index (χ2v) is 5.54. The molecule has 0 fully saturated rings. The molecule has 1 heterocycles. The van der Waals surface area contributed by atoms with Crippen LogP contribution in [0.2, 0.25) is 0 Å². The van der Waals surface area contributed by atoms with Crippen molar-refractivity contribution >= 4 is 17.2 Å². The molecule has 2 rings (SSSR count). The number of hydrogen-bond donors (Lipinski definition) is 1. The molecule has 0 aliphatic carbocycles. The van der Waals surface area contributed by atoms with Gasteiger partial charge < -0.3 is 10.1 Å². The first-order chi connectivity index (χ1) is 9.85. The largest absolute Gasteiger partial charge is 0.573 e. The minimum absolute atomic E-state index is 0.0396. The smallest absolute Gasteiger partial charge is 0.405 e. The molecule has 3 nitrogen and oxygen atoms in total. The molecule has 0 atom stereocenters. The average Bonchev–Trinajstić information content (AvgIpc) is 2.82. The third-order valence-corrected chi connectivity index (χ3v) is 3.60. The first kappa shape index (κ1) is 15.4. The first-order valence-corrected chi connectivity index (χ1v) is 6.85. The molecule has 1 aromatic carbocycles. The molecule has 2 aromatic rings. The highest BCUT2D eigenvalue weighted by Crippen LogP contribution is 2.26. The van der Waals surface area contributed by atoms with Gasteiger partial charge in [-0.25, -0.2) is 0 Å². The molecule has 0 aliphatic heterocycles. The summed E-state index contributed by atoms with van der Waals surface area (Å²) in [6.45, 7) is 1.83. The van der Waals surface area contributed by atoms with Gasteiger partial charge in [0.25, 0.3) is 5.91 Å². The summed E-state index contributed by atoms with van der Waals surface area (Å²) in [6, 6.07) is 9.19. The Morgan fingerprint density at radius 1 is 1.24 bits per heavy atom. The predicted molar refractivity (Wildman–Crippen MR) is 73.4 cm³/mol. The second-order valence-electron chi connectivity index (χ2n) is 4.25. The molecule has 0 saturated carbocycles. The lowest BCUT2D eigenvalue weighted by atomic mass is 10.2. The van der Waals surface area contributed by atoms with Crippen LogP contribution in [-0.4, -0.2) is 12.3 Å². The highest BCUT2D eigenvalue weighted by molar-refractivity contribution is 7.13. The number of amides is 1. The Morgan fingerprint density at radius 3 is 2.57 bits per heavy atom. The molecule has 21 heavy (non-hydrogen) atoms. The normalized spacial score (nSPS) is 11.2. The number of carbonyl (C=O) groups excluding carboxylic acids is 1. The van der Waals surface area contributed by atoms with Gasteiger partial charge in [-0.3, -0.25) is 4.79 Å². The van der Waals surface area contributed by atoms with Crippen molar-refractivity contribution in [3.8, 4) is 5.75 Å². The van der Waals surface area contributed by atoms with Crippen LogP contribution in [0.3, 0.4) is 0 Å². The van der Waals surface area contributed by atoms with Gasteiger partial charge in [0.2, 0.25) is 0 Å². The lowest BCUT2D eigenvalue weighted by molar-refractivity contribution is -0.274. The van der Waals surface area contributed by atoms with Gasteiger partial charge in [-0.05, 0) is 25.1 Å². The zero-order valence-corrected chi connectivity index (χ0v) is 11.8. The van der Waals surface area contributed by atoms with Gasteiger partial charge in [0, 0.05) is 17.0 Å². The molecule has 1 amide bonds. The maximum Gasteiger partial charge on any atom is 0.573 e. The number of para-hydroxylation sites is 1. The Morgan fingerprint density at radius 2 is 1.95 bits per heavy atom. The summed E-state index contributed by atoms with van der Waals surface area (Å²) in [5, 5.41) is 2.58. The van der Waals surface area contributed by atoms with E-state index in [4.69, 9.17) is 0 Å². The van der Waals surface area contributed by atoms with E-state index >= 15 is 0 Å². The Hall–Kier alpha value is -2.02. The van der Waals surface area contributed by atoms with E-state index in [1.807, 2.05) is 6.92 Å². The van der Waals surface area contributed by atoms with Gasteiger partial charge >= 0.3 is 6.36 Å². The fourth-order valence-electron chi connectivity index (χ4n) is 1.69. The van der Waals surface area contributed by atoms with E-state index in [1.54, 1.807) is 18.2 Å². The molecule has 0 saturated heterocycles. The second kappa shape index (κ2) is 6.17. The highest BCUT2D eigenvalue weighted by Gasteiger charge is 2.31. The van der Waals surface area contributed by atoms with Crippen molar-refractivity contribution in [3.63, 3.8) is 0 Å². The maximum atomic E-state index is 12.3. The van der Waals surface area contributed by atoms with Crippen LogP contribution >= 0.6 is 11.3 Å². The number of ether oxygens (including phenoxy) is 1. The van der Waals surface area contributed by atoms with Crippen molar-refractivity contribution in [2.24, 2.45) is 0 Å². The van der Waals surface area contributed by atoms with E-state index in [1.165, 1.54) is 29.5 Å². The van der Waals surface area contributed by atoms with Gasteiger partial charge in [-0.1, -0.05) is 18.2 Å². The van der Waals surface area contributed by atoms with Gasteiger partial charge in [0.1, 0.15) is 5.75 Å². The zero-order chi connectivity index (χ0) is 15.5. The van der Waals surface area contributed by atoms with Crippen LogP contribution in [0.25, 0.3) is 0 Å². The van der Waals surface area contributed by atoms with Crippen LogP contribution in [0, 0.1) is 6.92 Å². The van der Waals surface area contributed by atoms with Gasteiger partial charge in [0.05, 0.1) is 4.88 Å². The lowest BCUT2D eigenvalue weighted by Gasteiger charge is -2.13. The molecular formula is C14H12F3NO2S. The monoisotopic (exact) mass is 315 g/mol. The number of aryl methyl sites for hydroxylation is 1. The summed E-state index contributed by atoms with van der Waals surface area (Å²) in [5.74, 6) is -0.637. The van der Waals surface area contributed by atoms with E-state index in [-0.39, 0.29) is 23.8 Å². The molecule has 1 aromatic heterocycles. The molecular weight excluding hydrogens is 303 g/mol. The number of carbonyl (C=O) groups is 1. The summed E-state index contributed by atoms with van der Waals surface area (Å²) in [5.41, 5.74) is 0.261. The van der Waals surface area contributed by atoms with Crippen molar-refractivity contribution < 1.29 is 22.7 Å². The number of benzene rings is 1. The standard InChI is InChI=1S/C14H12F3NO2S/c1-9-6-7-12(21-9)13(19)18-8-10-4-2-3-5-11(10)20-14(15,16)17/h2-7H,8H2,1H3,(H,18,19). The van der Waals surface area contributed by atoms with Crippen LogP contribution < -0.4 is 10.1 Å². The Kier molecular flexibility index (Phi) is 4.52. The molecule has 0 aliphatic rings. The minimum Gasteiger partial charge on any atom is -0.405 e. The molecule has 7 heteroatoms. The van der Waals surface area contributed by atoms with E-state index in [0.717, 1.165) is 4.88 Å². The van der Waals surface area contributed by atoms with Crippen molar-refractivity contribution in [2.75, 3.05) is 0 Å². The minimum atomic E-state index is -4.76. The van der Waals surface area contributed by atoms with Gasteiger partial charge in [-0.2, -0.15) is 0 Å². The number of hydrogen-bond acceptors (Lipinski definition) is 3. The summed E-state index contributed by atoms with van der Waals surface area (Å²) >= 11 is 1.32. The van der Waals surface area contributed by atoms with Crippen molar-refractivity contribution in [1.29, 1.82) is 0 Å². The number of rotatable bonds is 4. The van der Waals surface area contributed by atoms with Crippen LogP contribution in [0.1, 0.15) is 20.1 Å². The number of alkyl halides is 3. The summed E-state index contributed by atoms with van der Waals surface area (Å²) in [6.07, 6.45) is -4.76. The summed E-state index contributed by atoms with van der Waals surface area (Å²) < 4.78 is 40.8. The fourth-order valence-corrected chi connectivity index (χ4v) is 2.48. The molecule has 0 unspecified atom stereocenters. The molecule has 112 valence electrons. The quantitative estimate of drug-likeness (QED) is 0.929. The number of halogens is 3. The third kappa shape index (κ3) is 4.49. The van der Waals surface area contributed by atoms with Crippen molar-refractivity contribution in [2.45, 2.75) is 19.8 Å². The van der Waals surface area contributed by atoms with Crippen LogP contribution in [0.15, 0.2) is 36.4 Å². The molecule has 0 spiro atoms. The highest BCUT2D eigenvalue weighted by atomic mass is 32.1. The Labute approximate surface area is 123 Å². The summed E-state index contributed by atoms with van der Waals surface area (Å²) in [7, 11) is 0. The third-order valence-electron chi connectivity index (χ3n) is 2.60. The molecule has 0 radical (unpaired) electrons. The van der Waals surface area contributed by atoms with Gasteiger partial charge in [-0.15, -0.1) is 24.5 Å². The maximum absolute atomic E-state index is 12.3. The van der Waals surface area contributed by atoms with E-state index in [2.05, 4.69) is 10.1 Å². The SMILES string of the molecule is Cc1ccc(C(=O)NCc2ccccc2OC(F)(F)F)s1. The van der Waals surface area contributed by atoms with Crippen molar-refractivity contribution in [1.82, 2.24) is 5.32 Å². The Bertz CT molecular complexity index is 637. The van der Waals surface area contributed by atoms with Crippen LogP contribution in [0.5, 0.6) is 5.75 Å². The van der Waals surface area contributed by atoms with Crippen molar-refractivity contribution in [3.05, 3.63) is 51.7 Å². The van der Waals surface area contributed by atoms with E-state index < -0.39 is 6.36 Å². The topological polar surface area (TPSA) is 38.3 Å².